The average Bonchev–Trinajstić information content (AvgIpc) is 2.34. The smallest absolute Gasteiger partial charge is 0.0630 e. The fourth-order valence-corrected chi connectivity index (χ4v) is 2.23. The van der Waals surface area contributed by atoms with Crippen molar-refractivity contribution in [3.63, 3.8) is 0 Å². The standard InChI is InChI=1S/C16H36N2O/c1-8-10-11-18(14(3)9-2)15(13-19-7)12-17-16(4,5)6/h14-15,17H,8-13H2,1-7H3. The molecular weight excluding hydrogens is 236 g/mol. The van der Waals surface area contributed by atoms with E-state index in [4.69, 9.17) is 4.74 Å². The molecule has 0 aromatic carbocycles. The lowest BCUT2D eigenvalue weighted by Gasteiger charge is -2.37. The molecule has 0 bridgehead atoms. The quantitative estimate of drug-likeness (QED) is 0.660. The van der Waals surface area contributed by atoms with Crippen molar-refractivity contribution in [1.82, 2.24) is 10.2 Å². The lowest BCUT2D eigenvalue weighted by atomic mass is 10.1. The summed E-state index contributed by atoms with van der Waals surface area (Å²) in [5, 5.41) is 3.62. The molecule has 0 saturated carbocycles. The minimum atomic E-state index is 0.165. The maximum absolute atomic E-state index is 5.44. The highest BCUT2D eigenvalue weighted by molar-refractivity contribution is 4.81. The topological polar surface area (TPSA) is 24.5 Å². The summed E-state index contributed by atoms with van der Waals surface area (Å²) < 4.78 is 5.44. The van der Waals surface area contributed by atoms with Crippen LogP contribution < -0.4 is 5.32 Å². The molecule has 0 aliphatic carbocycles. The Morgan fingerprint density at radius 1 is 1.21 bits per heavy atom. The molecule has 0 aliphatic heterocycles. The monoisotopic (exact) mass is 272 g/mol. The first-order valence-electron chi connectivity index (χ1n) is 7.85. The van der Waals surface area contributed by atoms with Gasteiger partial charge in [0.05, 0.1) is 6.61 Å². The molecule has 0 radical (unpaired) electrons. The van der Waals surface area contributed by atoms with Gasteiger partial charge in [-0.25, -0.2) is 0 Å². The van der Waals surface area contributed by atoms with E-state index in [1.165, 1.54) is 25.8 Å². The highest BCUT2D eigenvalue weighted by atomic mass is 16.5. The number of nitrogens with zero attached hydrogens (tertiary/aromatic N) is 1. The largest absolute Gasteiger partial charge is 0.383 e. The van der Waals surface area contributed by atoms with Gasteiger partial charge in [0.1, 0.15) is 0 Å². The molecule has 0 amide bonds. The lowest BCUT2D eigenvalue weighted by molar-refractivity contribution is 0.0589. The van der Waals surface area contributed by atoms with E-state index in [2.05, 4.69) is 51.8 Å². The van der Waals surface area contributed by atoms with Gasteiger partial charge < -0.3 is 10.1 Å². The first-order chi connectivity index (χ1) is 8.85. The summed E-state index contributed by atoms with van der Waals surface area (Å²) in [6.45, 7) is 16.5. The zero-order valence-corrected chi connectivity index (χ0v) is 14.3. The predicted molar refractivity (Wildman–Crippen MR) is 84.8 cm³/mol. The van der Waals surface area contributed by atoms with Crippen molar-refractivity contribution in [3.05, 3.63) is 0 Å². The third-order valence-electron chi connectivity index (χ3n) is 3.62. The molecule has 19 heavy (non-hydrogen) atoms. The molecule has 0 aromatic heterocycles. The second kappa shape index (κ2) is 9.73. The fraction of sp³-hybridized carbons (Fsp3) is 1.00. The van der Waals surface area contributed by atoms with Crippen LogP contribution in [0, 0.1) is 0 Å². The molecule has 2 atom stereocenters. The van der Waals surface area contributed by atoms with E-state index in [-0.39, 0.29) is 5.54 Å². The SMILES string of the molecule is CCCCN(C(C)CC)C(CNC(C)(C)C)COC. The van der Waals surface area contributed by atoms with Crippen LogP contribution in [0.4, 0.5) is 0 Å². The van der Waals surface area contributed by atoms with Crippen molar-refractivity contribution in [3.8, 4) is 0 Å². The van der Waals surface area contributed by atoms with Crippen molar-refractivity contribution < 1.29 is 4.74 Å². The van der Waals surface area contributed by atoms with Gasteiger partial charge in [0, 0.05) is 31.3 Å². The van der Waals surface area contributed by atoms with Gasteiger partial charge in [-0.05, 0) is 47.1 Å². The van der Waals surface area contributed by atoms with Crippen LogP contribution in [0.5, 0.6) is 0 Å². The van der Waals surface area contributed by atoms with Crippen LogP contribution in [0.3, 0.4) is 0 Å². The predicted octanol–water partition coefficient (Wildman–Crippen LogP) is 3.29. The zero-order valence-electron chi connectivity index (χ0n) is 14.3. The lowest BCUT2D eigenvalue weighted by Crippen LogP contribution is -2.52. The molecule has 0 rings (SSSR count). The number of nitrogens with one attached hydrogen (secondary N) is 1. The molecule has 116 valence electrons. The van der Waals surface area contributed by atoms with Gasteiger partial charge in [0.25, 0.3) is 0 Å². The van der Waals surface area contributed by atoms with Gasteiger partial charge in [-0.3, -0.25) is 4.90 Å². The molecule has 2 unspecified atom stereocenters. The Hall–Kier alpha value is -0.120. The van der Waals surface area contributed by atoms with Crippen LogP contribution in [0.15, 0.2) is 0 Å². The van der Waals surface area contributed by atoms with Crippen molar-refractivity contribution in [2.75, 3.05) is 26.8 Å². The first kappa shape index (κ1) is 18.9. The molecule has 1 N–H and O–H groups in total. The Balaban J connectivity index is 4.63. The Kier molecular flexibility index (Phi) is 9.67. The summed E-state index contributed by atoms with van der Waals surface area (Å²) in [5.74, 6) is 0. The van der Waals surface area contributed by atoms with Crippen LogP contribution in [0.25, 0.3) is 0 Å². The van der Waals surface area contributed by atoms with Gasteiger partial charge in [0.15, 0.2) is 0 Å². The number of hydrogen-bond donors (Lipinski definition) is 1. The Labute approximate surface area is 121 Å². The van der Waals surface area contributed by atoms with Crippen molar-refractivity contribution >= 4 is 0 Å². The molecule has 0 spiro atoms. The van der Waals surface area contributed by atoms with Crippen LogP contribution >= 0.6 is 0 Å². The maximum Gasteiger partial charge on any atom is 0.0630 e. The van der Waals surface area contributed by atoms with Gasteiger partial charge in [-0.15, -0.1) is 0 Å². The Morgan fingerprint density at radius 3 is 2.26 bits per heavy atom. The van der Waals surface area contributed by atoms with Crippen LogP contribution in [-0.4, -0.2) is 49.3 Å². The van der Waals surface area contributed by atoms with Crippen molar-refractivity contribution in [2.24, 2.45) is 0 Å². The summed E-state index contributed by atoms with van der Waals surface area (Å²) in [6, 6.07) is 1.08. The minimum Gasteiger partial charge on any atom is -0.383 e. The van der Waals surface area contributed by atoms with Crippen LogP contribution in [0.2, 0.25) is 0 Å². The van der Waals surface area contributed by atoms with Crippen LogP contribution in [-0.2, 0) is 4.74 Å². The summed E-state index contributed by atoms with van der Waals surface area (Å²) in [7, 11) is 1.80. The van der Waals surface area contributed by atoms with E-state index >= 15 is 0 Å². The molecule has 0 aliphatic rings. The van der Waals surface area contributed by atoms with Gasteiger partial charge in [0.2, 0.25) is 0 Å². The van der Waals surface area contributed by atoms with E-state index in [0.29, 0.717) is 12.1 Å². The van der Waals surface area contributed by atoms with E-state index in [0.717, 1.165) is 13.2 Å². The zero-order chi connectivity index (χ0) is 14.9. The molecule has 0 fully saturated rings. The molecular formula is C16H36N2O. The van der Waals surface area contributed by atoms with Gasteiger partial charge in [-0.1, -0.05) is 20.3 Å². The van der Waals surface area contributed by atoms with Crippen molar-refractivity contribution in [1.29, 1.82) is 0 Å². The summed E-state index contributed by atoms with van der Waals surface area (Å²) in [4.78, 5) is 2.62. The van der Waals surface area contributed by atoms with E-state index in [9.17, 15) is 0 Å². The van der Waals surface area contributed by atoms with Crippen LogP contribution in [0.1, 0.15) is 60.8 Å². The number of hydrogen-bond acceptors (Lipinski definition) is 3. The van der Waals surface area contributed by atoms with E-state index in [1.54, 1.807) is 7.11 Å². The third-order valence-corrected chi connectivity index (χ3v) is 3.62. The van der Waals surface area contributed by atoms with E-state index < -0.39 is 0 Å². The Morgan fingerprint density at radius 2 is 1.84 bits per heavy atom. The highest BCUT2D eigenvalue weighted by Gasteiger charge is 2.23. The highest BCUT2D eigenvalue weighted by Crippen LogP contribution is 2.12. The summed E-state index contributed by atoms with van der Waals surface area (Å²) >= 11 is 0. The van der Waals surface area contributed by atoms with Gasteiger partial charge >= 0.3 is 0 Å². The van der Waals surface area contributed by atoms with E-state index in [1.807, 2.05) is 0 Å². The third kappa shape index (κ3) is 8.61. The normalized spacial score (nSPS) is 15.8. The first-order valence-corrected chi connectivity index (χ1v) is 7.85. The Bertz CT molecular complexity index is 213. The molecule has 0 aromatic rings. The van der Waals surface area contributed by atoms with Gasteiger partial charge in [-0.2, -0.15) is 0 Å². The molecule has 0 saturated heterocycles. The van der Waals surface area contributed by atoms with Crippen molar-refractivity contribution in [2.45, 2.75) is 78.4 Å². The second-order valence-electron chi connectivity index (χ2n) is 6.59. The minimum absolute atomic E-state index is 0.165. The maximum atomic E-state index is 5.44. The number of unbranched alkanes of at least 4 members (excludes halogenated alkanes) is 1. The number of rotatable bonds is 10. The number of methoxy groups -OCH3 is 1. The summed E-state index contributed by atoms with van der Waals surface area (Å²) in [6.07, 6.45) is 3.71. The average molecular weight is 272 g/mol. The molecule has 3 nitrogen and oxygen atoms in total. The summed E-state index contributed by atoms with van der Waals surface area (Å²) in [5.41, 5.74) is 0.165. The second-order valence-corrected chi connectivity index (χ2v) is 6.59. The molecule has 0 heterocycles. The number of ether oxygens (including phenoxy) is 1. The fourth-order valence-electron chi connectivity index (χ4n) is 2.23. The molecule has 3 heteroatoms.